The van der Waals surface area contributed by atoms with Crippen molar-refractivity contribution < 1.29 is 32.2 Å². The second kappa shape index (κ2) is 15.6. The molecule has 1 fully saturated rings. The molecule has 1 unspecified atom stereocenters. The number of aliphatic imine (C=N–C) groups is 1. The largest absolute Gasteiger partial charge is 0.573 e. The lowest BCUT2D eigenvalue weighted by atomic mass is 10.0. The van der Waals surface area contributed by atoms with Gasteiger partial charge in [-0.1, -0.05) is 54.8 Å². The maximum absolute atomic E-state index is 12.5. The number of benzene rings is 3. The van der Waals surface area contributed by atoms with E-state index in [0.29, 0.717) is 41.5 Å². The second-order valence-corrected chi connectivity index (χ2v) is 12.4. The second-order valence-electron chi connectivity index (χ2n) is 11.0. The van der Waals surface area contributed by atoms with Gasteiger partial charge in [-0.3, -0.25) is 4.90 Å². The molecular formula is C34H33F3N6O4S2. The number of carbonyl (C=O) groups is 1. The van der Waals surface area contributed by atoms with Crippen molar-refractivity contribution in [3.8, 4) is 28.6 Å². The van der Waals surface area contributed by atoms with E-state index in [4.69, 9.17) is 26.7 Å². The van der Waals surface area contributed by atoms with Crippen LogP contribution in [0.5, 0.6) is 11.5 Å². The normalized spacial score (nSPS) is 14.5. The van der Waals surface area contributed by atoms with E-state index < -0.39 is 12.5 Å². The fourth-order valence-corrected chi connectivity index (χ4v) is 6.37. The van der Waals surface area contributed by atoms with Crippen LogP contribution in [0.4, 0.5) is 23.7 Å². The summed E-state index contributed by atoms with van der Waals surface area (Å²) < 4.78 is 53.0. The van der Waals surface area contributed by atoms with Gasteiger partial charge in [0.1, 0.15) is 22.8 Å². The Morgan fingerprint density at radius 2 is 1.82 bits per heavy atom. The molecule has 0 spiro atoms. The van der Waals surface area contributed by atoms with Gasteiger partial charge >= 0.3 is 12.5 Å². The molecule has 1 aliphatic heterocycles. The number of methoxy groups -OCH3 is 2. The minimum absolute atomic E-state index is 0.322. The van der Waals surface area contributed by atoms with Gasteiger partial charge in [-0.2, -0.15) is 0 Å². The number of thiocarbonyl (C=S) groups is 1. The SMILES string of the molecule is C=C1CSC(=NC(=S)CC(CCc2ccc(-c3ncn(-c4ccc(OC(F)(F)F)cc4)n3)cc2)NC(=O)OC)N1c1ccc(OC)cc1C. The van der Waals surface area contributed by atoms with Crippen molar-refractivity contribution in [1.82, 2.24) is 20.1 Å². The highest BCUT2D eigenvalue weighted by molar-refractivity contribution is 8.14. The van der Waals surface area contributed by atoms with E-state index in [1.54, 1.807) is 18.9 Å². The van der Waals surface area contributed by atoms with Gasteiger partial charge in [0.15, 0.2) is 11.0 Å². The number of rotatable bonds is 11. The minimum Gasteiger partial charge on any atom is -0.497 e. The van der Waals surface area contributed by atoms with Crippen molar-refractivity contribution in [1.29, 1.82) is 0 Å². The third-order valence-electron chi connectivity index (χ3n) is 7.49. The average molecular weight is 711 g/mol. The number of amides is 1. The number of aryl methyl sites for hydroxylation is 2. The number of carbonyl (C=O) groups excluding carboxylic acids is 1. The van der Waals surface area contributed by atoms with Crippen molar-refractivity contribution in [2.75, 3.05) is 24.9 Å². The number of hydrogen-bond donors (Lipinski definition) is 1. The molecule has 0 saturated carbocycles. The van der Waals surface area contributed by atoms with Crippen molar-refractivity contribution in [3.63, 3.8) is 0 Å². The number of alkyl halides is 3. The molecule has 1 saturated heterocycles. The van der Waals surface area contributed by atoms with Gasteiger partial charge in [0, 0.05) is 29.5 Å². The van der Waals surface area contributed by atoms with Crippen molar-refractivity contribution >= 4 is 45.9 Å². The van der Waals surface area contributed by atoms with E-state index in [1.807, 2.05) is 54.3 Å². The zero-order valence-electron chi connectivity index (χ0n) is 26.9. The summed E-state index contributed by atoms with van der Waals surface area (Å²) >= 11 is 7.25. The molecule has 5 rings (SSSR count). The minimum atomic E-state index is -4.76. The molecule has 15 heteroatoms. The Morgan fingerprint density at radius 3 is 2.47 bits per heavy atom. The lowest BCUT2D eigenvalue weighted by Gasteiger charge is -2.22. The Bertz CT molecular complexity index is 1850. The molecule has 256 valence electrons. The van der Waals surface area contributed by atoms with Gasteiger partial charge in [0.25, 0.3) is 0 Å². The fraction of sp³-hybridized carbons (Fsp3) is 0.265. The zero-order chi connectivity index (χ0) is 35.1. The molecule has 1 aromatic heterocycles. The number of thioether (sulfide) groups is 1. The molecule has 1 aliphatic rings. The van der Waals surface area contributed by atoms with Gasteiger partial charge in [-0.25, -0.2) is 19.5 Å². The molecule has 2 heterocycles. The van der Waals surface area contributed by atoms with Crippen LogP contribution in [0.2, 0.25) is 0 Å². The van der Waals surface area contributed by atoms with Gasteiger partial charge in [-0.05, 0) is 73.4 Å². The van der Waals surface area contributed by atoms with Gasteiger partial charge < -0.3 is 19.5 Å². The monoisotopic (exact) mass is 710 g/mol. The number of nitrogens with zero attached hydrogens (tertiary/aromatic N) is 5. The van der Waals surface area contributed by atoms with Crippen LogP contribution in [-0.4, -0.2) is 63.4 Å². The van der Waals surface area contributed by atoms with E-state index in [-0.39, 0.29) is 11.8 Å². The van der Waals surface area contributed by atoms with Crippen LogP contribution in [0, 0.1) is 6.92 Å². The summed E-state index contributed by atoms with van der Waals surface area (Å²) in [5.41, 5.74) is 5.14. The Kier molecular flexibility index (Phi) is 11.2. The lowest BCUT2D eigenvalue weighted by molar-refractivity contribution is -0.274. The van der Waals surface area contributed by atoms with E-state index in [1.165, 1.54) is 42.4 Å². The van der Waals surface area contributed by atoms with Gasteiger partial charge in [-0.15, -0.1) is 18.3 Å². The highest BCUT2D eigenvalue weighted by Crippen LogP contribution is 2.35. The molecule has 49 heavy (non-hydrogen) atoms. The molecule has 3 aromatic carbocycles. The first-order valence-electron chi connectivity index (χ1n) is 15.0. The first-order valence-corrected chi connectivity index (χ1v) is 16.4. The summed E-state index contributed by atoms with van der Waals surface area (Å²) in [6, 6.07) is 18.5. The van der Waals surface area contributed by atoms with Crippen LogP contribution in [0.1, 0.15) is 24.0 Å². The van der Waals surface area contributed by atoms with E-state index >= 15 is 0 Å². The van der Waals surface area contributed by atoms with Crippen LogP contribution in [-0.2, 0) is 11.2 Å². The number of alkyl carbamates (subject to hydrolysis) is 1. The van der Waals surface area contributed by atoms with Crippen LogP contribution in [0.15, 0.2) is 90.3 Å². The Balaban J connectivity index is 1.22. The summed E-state index contributed by atoms with van der Waals surface area (Å²) in [5, 5.41) is 8.06. The maximum Gasteiger partial charge on any atom is 0.573 e. The van der Waals surface area contributed by atoms with Crippen molar-refractivity contribution in [3.05, 3.63) is 96.5 Å². The Labute approximate surface area is 291 Å². The third kappa shape index (κ3) is 9.38. The molecule has 0 aliphatic carbocycles. The average Bonchev–Trinajstić information content (AvgIpc) is 3.70. The lowest BCUT2D eigenvalue weighted by Crippen LogP contribution is -2.36. The topological polar surface area (TPSA) is 103 Å². The highest BCUT2D eigenvalue weighted by Gasteiger charge is 2.31. The predicted molar refractivity (Wildman–Crippen MR) is 188 cm³/mol. The molecule has 0 radical (unpaired) electrons. The van der Waals surface area contributed by atoms with E-state index in [2.05, 4.69) is 26.7 Å². The molecular weight excluding hydrogens is 678 g/mol. The predicted octanol–water partition coefficient (Wildman–Crippen LogP) is 7.65. The van der Waals surface area contributed by atoms with Crippen LogP contribution in [0.3, 0.4) is 0 Å². The summed E-state index contributed by atoms with van der Waals surface area (Å²) in [4.78, 5) is 23.7. The number of hydrogen-bond acceptors (Lipinski definition) is 8. The van der Waals surface area contributed by atoms with E-state index in [0.717, 1.165) is 39.0 Å². The zero-order valence-corrected chi connectivity index (χ0v) is 28.5. The molecule has 10 nitrogen and oxygen atoms in total. The summed E-state index contributed by atoms with van der Waals surface area (Å²) in [6.45, 7) is 6.21. The summed E-state index contributed by atoms with van der Waals surface area (Å²) in [6.07, 6.45) is -2.31. The van der Waals surface area contributed by atoms with Crippen LogP contribution in [0.25, 0.3) is 17.1 Å². The highest BCUT2D eigenvalue weighted by atomic mass is 32.2. The van der Waals surface area contributed by atoms with Crippen molar-refractivity contribution in [2.24, 2.45) is 4.99 Å². The Morgan fingerprint density at radius 1 is 1.10 bits per heavy atom. The quantitative estimate of drug-likeness (QED) is 0.157. The first-order chi connectivity index (χ1) is 23.4. The number of ether oxygens (including phenoxy) is 3. The Hall–Kier alpha value is -4.89. The third-order valence-corrected chi connectivity index (χ3v) is 8.76. The van der Waals surface area contributed by atoms with Crippen LogP contribution < -0.4 is 19.7 Å². The smallest absolute Gasteiger partial charge is 0.497 e. The maximum atomic E-state index is 12.5. The number of aromatic nitrogens is 3. The van der Waals surface area contributed by atoms with E-state index in [9.17, 15) is 18.0 Å². The summed E-state index contributed by atoms with van der Waals surface area (Å²) in [5.74, 6) is 1.56. The standard InChI is InChI=1S/C34H33F3N6O4S2/c1-21-17-28(45-3)15-16-29(21)43-22(2)19-49-32(43)40-30(48)18-25(39-33(44)46-4)10-7-23-5-8-24(9-6-23)31-38-20-42(41-31)26-11-13-27(14-12-26)47-34(35,36)37/h5-6,8-9,11-17,20,25H,2,7,10,18-19H2,1,3-4H3,(H,39,44). The van der Waals surface area contributed by atoms with Gasteiger partial charge in [0.2, 0.25) is 0 Å². The number of amidine groups is 1. The van der Waals surface area contributed by atoms with Crippen LogP contribution >= 0.6 is 24.0 Å². The number of halogens is 3. The summed E-state index contributed by atoms with van der Waals surface area (Å²) in [7, 11) is 2.94. The van der Waals surface area contributed by atoms with Crippen molar-refractivity contribution in [2.45, 2.75) is 38.6 Å². The first kappa shape index (κ1) is 35.4. The molecule has 0 bridgehead atoms. The number of anilines is 1. The molecule has 4 aromatic rings. The fourth-order valence-electron chi connectivity index (χ4n) is 5.07. The molecule has 1 amide bonds. The van der Waals surface area contributed by atoms with Gasteiger partial charge in [0.05, 0.1) is 25.6 Å². The molecule has 1 N–H and O–H groups in total. The molecule has 1 atom stereocenters. The number of nitrogens with one attached hydrogen (secondary N) is 1.